The lowest BCUT2D eigenvalue weighted by Crippen LogP contribution is -2.42. The molecule has 0 bridgehead atoms. The first-order valence-corrected chi connectivity index (χ1v) is 12.0. The second-order valence-corrected chi connectivity index (χ2v) is 9.57. The standard InChI is InChI=1S/C26H26F3N5O2/c1-14-19(10-17-13-30-23(12-21(17)31-14)34-24(35)15-2-3-15)16-4-5-20(27)22(11-16)33-25(36)32-18-6-8-26(28,29)9-7-18/h4-5,10-13,15,18H,2-3,6-9H2,1H3,(H,30,34,35)(H2,32,33,36). The molecule has 3 N–H and O–H groups in total. The van der Waals surface area contributed by atoms with E-state index in [4.69, 9.17) is 0 Å². The molecule has 10 heteroatoms. The summed E-state index contributed by atoms with van der Waals surface area (Å²) in [5.41, 5.74) is 2.69. The highest BCUT2D eigenvalue weighted by atomic mass is 19.3. The Morgan fingerprint density at radius 1 is 1.03 bits per heavy atom. The van der Waals surface area contributed by atoms with E-state index < -0.39 is 17.8 Å². The number of nitrogens with one attached hydrogen (secondary N) is 3. The van der Waals surface area contributed by atoms with Crippen LogP contribution in [0.2, 0.25) is 0 Å². The lowest BCUT2D eigenvalue weighted by molar-refractivity contribution is -0.117. The number of benzene rings is 1. The monoisotopic (exact) mass is 497 g/mol. The zero-order valence-electron chi connectivity index (χ0n) is 19.7. The van der Waals surface area contributed by atoms with Crippen molar-refractivity contribution in [2.75, 3.05) is 10.6 Å². The van der Waals surface area contributed by atoms with Gasteiger partial charge in [0, 0.05) is 53.7 Å². The SMILES string of the molecule is Cc1nc2cc(NC(=O)C3CC3)ncc2cc1-c1ccc(F)c(NC(=O)NC2CCC(F)(F)CC2)c1. The number of amides is 3. The molecule has 2 fully saturated rings. The van der Waals surface area contributed by atoms with Gasteiger partial charge in [0.15, 0.2) is 0 Å². The third-order valence-corrected chi connectivity index (χ3v) is 6.67. The Balaban J connectivity index is 1.32. The molecule has 0 saturated heterocycles. The molecular weight excluding hydrogens is 471 g/mol. The molecule has 0 aliphatic heterocycles. The molecule has 0 radical (unpaired) electrons. The summed E-state index contributed by atoms with van der Waals surface area (Å²) in [7, 11) is 0. The maximum absolute atomic E-state index is 14.5. The summed E-state index contributed by atoms with van der Waals surface area (Å²) >= 11 is 0. The first-order chi connectivity index (χ1) is 17.2. The van der Waals surface area contributed by atoms with Crippen LogP contribution in [0.5, 0.6) is 0 Å². The molecule has 0 atom stereocenters. The van der Waals surface area contributed by atoms with Crippen LogP contribution in [0.4, 0.5) is 29.5 Å². The maximum Gasteiger partial charge on any atom is 0.319 e. The normalized spacial score (nSPS) is 17.6. The highest BCUT2D eigenvalue weighted by molar-refractivity contribution is 5.95. The minimum atomic E-state index is -2.69. The highest BCUT2D eigenvalue weighted by Crippen LogP contribution is 2.34. The van der Waals surface area contributed by atoms with E-state index >= 15 is 0 Å². The van der Waals surface area contributed by atoms with Crippen LogP contribution >= 0.6 is 0 Å². The number of hydrogen-bond acceptors (Lipinski definition) is 4. The van der Waals surface area contributed by atoms with Gasteiger partial charge in [-0.3, -0.25) is 9.78 Å². The van der Waals surface area contributed by atoms with E-state index in [1.54, 1.807) is 18.3 Å². The molecule has 1 aromatic carbocycles. The predicted octanol–water partition coefficient (Wildman–Crippen LogP) is 5.79. The fourth-order valence-electron chi connectivity index (χ4n) is 4.42. The van der Waals surface area contributed by atoms with Gasteiger partial charge in [-0.15, -0.1) is 0 Å². The number of halogens is 3. The molecule has 188 valence electrons. The topological polar surface area (TPSA) is 96.0 Å². The molecule has 2 aliphatic carbocycles. The van der Waals surface area contributed by atoms with Gasteiger partial charge in [0.1, 0.15) is 11.6 Å². The van der Waals surface area contributed by atoms with Crippen molar-refractivity contribution >= 4 is 34.3 Å². The fraction of sp³-hybridized carbons (Fsp3) is 0.385. The van der Waals surface area contributed by atoms with E-state index in [1.807, 2.05) is 13.0 Å². The van der Waals surface area contributed by atoms with Crippen molar-refractivity contribution in [2.24, 2.45) is 5.92 Å². The van der Waals surface area contributed by atoms with E-state index in [-0.39, 0.29) is 49.2 Å². The number of aryl methyl sites for hydroxylation is 1. The van der Waals surface area contributed by atoms with Crippen LogP contribution in [0.3, 0.4) is 0 Å². The third kappa shape index (κ3) is 5.42. The quantitative estimate of drug-likeness (QED) is 0.416. The van der Waals surface area contributed by atoms with Gasteiger partial charge in [0.05, 0.1) is 11.2 Å². The summed E-state index contributed by atoms with van der Waals surface area (Å²) in [6.45, 7) is 1.82. The molecule has 36 heavy (non-hydrogen) atoms. The van der Waals surface area contributed by atoms with Gasteiger partial charge in [0.25, 0.3) is 0 Å². The number of alkyl halides is 2. The Kier molecular flexibility index (Phi) is 6.27. The summed E-state index contributed by atoms with van der Waals surface area (Å²) in [6, 6.07) is 6.93. The van der Waals surface area contributed by atoms with Crippen LogP contribution in [0.15, 0.2) is 36.5 Å². The Labute approximate surface area is 205 Å². The van der Waals surface area contributed by atoms with Crippen LogP contribution in [0, 0.1) is 18.7 Å². The first kappa shape index (κ1) is 24.0. The van der Waals surface area contributed by atoms with Crippen molar-refractivity contribution in [1.29, 1.82) is 0 Å². The second-order valence-electron chi connectivity index (χ2n) is 9.57. The number of pyridine rings is 2. The number of fused-ring (bicyclic) bond motifs is 1. The molecular formula is C26H26F3N5O2. The van der Waals surface area contributed by atoms with Crippen LogP contribution in [0.1, 0.15) is 44.2 Å². The van der Waals surface area contributed by atoms with Crippen LogP contribution in [0.25, 0.3) is 22.0 Å². The Morgan fingerprint density at radius 2 is 1.78 bits per heavy atom. The molecule has 2 aliphatic rings. The highest BCUT2D eigenvalue weighted by Gasteiger charge is 2.35. The van der Waals surface area contributed by atoms with E-state index in [0.29, 0.717) is 22.6 Å². The average molecular weight is 498 g/mol. The second kappa shape index (κ2) is 9.40. The molecule has 2 aromatic heterocycles. The van der Waals surface area contributed by atoms with Crippen molar-refractivity contribution < 1.29 is 22.8 Å². The van der Waals surface area contributed by atoms with Gasteiger partial charge < -0.3 is 16.0 Å². The van der Waals surface area contributed by atoms with Crippen LogP contribution in [-0.2, 0) is 4.79 Å². The molecule has 5 rings (SSSR count). The first-order valence-electron chi connectivity index (χ1n) is 12.0. The van der Waals surface area contributed by atoms with Gasteiger partial charge in [-0.05, 0) is 56.4 Å². The van der Waals surface area contributed by atoms with Crippen LogP contribution in [-0.4, -0.2) is 33.9 Å². The molecule has 7 nitrogen and oxygen atoms in total. The van der Waals surface area contributed by atoms with Crippen molar-refractivity contribution in [3.63, 3.8) is 0 Å². The fourth-order valence-corrected chi connectivity index (χ4v) is 4.42. The number of rotatable bonds is 5. The zero-order valence-corrected chi connectivity index (χ0v) is 19.7. The van der Waals surface area contributed by atoms with E-state index in [9.17, 15) is 22.8 Å². The summed E-state index contributed by atoms with van der Waals surface area (Å²) in [6.07, 6.45) is 3.21. The van der Waals surface area contributed by atoms with E-state index in [1.165, 1.54) is 12.1 Å². The van der Waals surface area contributed by atoms with Crippen LogP contribution < -0.4 is 16.0 Å². The third-order valence-electron chi connectivity index (χ3n) is 6.67. The van der Waals surface area contributed by atoms with E-state index in [2.05, 4.69) is 25.9 Å². The number of aromatic nitrogens is 2. The zero-order chi connectivity index (χ0) is 25.4. The number of hydrogen-bond donors (Lipinski definition) is 3. The van der Waals surface area contributed by atoms with Crippen molar-refractivity contribution in [2.45, 2.75) is 57.4 Å². The van der Waals surface area contributed by atoms with Gasteiger partial charge in [-0.1, -0.05) is 6.07 Å². The molecule has 3 aromatic rings. The van der Waals surface area contributed by atoms with Gasteiger partial charge in [-0.2, -0.15) is 0 Å². The summed E-state index contributed by atoms with van der Waals surface area (Å²) in [5, 5.41) is 8.71. The Morgan fingerprint density at radius 3 is 2.50 bits per heavy atom. The lowest BCUT2D eigenvalue weighted by atomic mass is 9.92. The number of carbonyl (C=O) groups is 2. The minimum Gasteiger partial charge on any atom is -0.335 e. The van der Waals surface area contributed by atoms with Crippen molar-refractivity contribution in [1.82, 2.24) is 15.3 Å². The molecule has 3 amide bonds. The number of carbonyl (C=O) groups excluding carboxylic acids is 2. The Hall–Kier alpha value is -3.69. The molecule has 2 saturated carbocycles. The largest absolute Gasteiger partial charge is 0.335 e. The van der Waals surface area contributed by atoms with Gasteiger partial charge >= 0.3 is 6.03 Å². The van der Waals surface area contributed by atoms with Gasteiger partial charge in [-0.25, -0.2) is 22.9 Å². The summed E-state index contributed by atoms with van der Waals surface area (Å²) in [5.74, 6) is -2.84. The predicted molar refractivity (Wildman–Crippen MR) is 130 cm³/mol. The molecule has 0 spiro atoms. The van der Waals surface area contributed by atoms with Crippen molar-refractivity contribution in [3.05, 3.63) is 48.0 Å². The number of urea groups is 1. The van der Waals surface area contributed by atoms with Crippen molar-refractivity contribution in [3.8, 4) is 11.1 Å². The maximum atomic E-state index is 14.5. The summed E-state index contributed by atoms with van der Waals surface area (Å²) in [4.78, 5) is 33.4. The Bertz CT molecular complexity index is 1330. The van der Waals surface area contributed by atoms with E-state index in [0.717, 1.165) is 23.8 Å². The molecule has 2 heterocycles. The molecule has 0 unspecified atom stereocenters. The smallest absolute Gasteiger partial charge is 0.319 e. The number of nitrogens with zero attached hydrogens (tertiary/aromatic N) is 2. The average Bonchev–Trinajstić information content (AvgIpc) is 3.67. The lowest BCUT2D eigenvalue weighted by Gasteiger charge is -2.28. The number of anilines is 2. The minimum absolute atomic E-state index is 0.0260. The summed E-state index contributed by atoms with van der Waals surface area (Å²) < 4.78 is 41.2. The van der Waals surface area contributed by atoms with Gasteiger partial charge in [0.2, 0.25) is 11.8 Å².